The van der Waals surface area contributed by atoms with Crippen LogP contribution in [0.25, 0.3) is 0 Å². The molecular formula is C8H16N2O. The number of rotatable bonds is 3. The molecule has 0 aromatic heterocycles. The van der Waals surface area contributed by atoms with E-state index in [2.05, 4.69) is 5.32 Å². The fraction of sp³-hybridized carbons (Fsp3) is 0.875. The number of carbonyl (C=O) groups is 1. The lowest BCUT2D eigenvalue weighted by atomic mass is 9.99. The predicted octanol–water partition coefficient (Wildman–Crippen LogP) is 0.0742. The van der Waals surface area contributed by atoms with Gasteiger partial charge in [0.2, 0.25) is 6.41 Å². The first-order chi connectivity index (χ1) is 5.36. The normalized spacial score (nSPS) is 25.2. The molecule has 0 saturated carbocycles. The lowest BCUT2D eigenvalue weighted by Gasteiger charge is -2.29. The molecule has 0 aromatic carbocycles. The Balaban J connectivity index is 2.27. The van der Waals surface area contributed by atoms with Gasteiger partial charge in [0.25, 0.3) is 0 Å². The number of hydrogen-bond acceptors (Lipinski definition) is 2. The molecular weight excluding hydrogens is 140 g/mol. The van der Waals surface area contributed by atoms with Crippen LogP contribution >= 0.6 is 0 Å². The molecule has 0 bridgehead atoms. The molecule has 11 heavy (non-hydrogen) atoms. The predicted molar refractivity (Wildman–Crippen MR) is 44.3 cm³/mol. The summed E-state index contributed by atoms with van der Waals surface area (Å²) in [4.78, 5) is 12.3. The number of hydrogen-bond donors (Lipinski definition) is 1. The first-order valence-corrected chi connectivity index (χ1v) is 4.20. The van der Waals surface area contributed by atoms with E-state index in [4.69, 9.17) is 0 Å². The van der Waals surface area contributed by atoms with E-state index in [9.17, 15) is 4.79 Å². The zero-order valence-corrected chi connectivity index (χ0v) is 7.05. The summed E-state index contributed by atoms with van der Waals surface area (Å²) in [5, 5.41) is 3.14. The minimum atomic E-state index is 0.666. The second-order valence-corrected chi connectivity index (χ2v) is 3.17. The van der Waals surface area contributed by atoms with E-state index in [1.165, 1.54) is 6.42 Å². The summed E-state index contributed by atoms with van der Waals surface area (Å²) in [6, 6.07) is 0. The van der Waals surface area contributed by atoms with Gasteiger partial charge in [-0.25, -0.2) is 0 Å². The van der Waals surface area contributed by atoms with Gasteiger partial charge in [-0.2, -0.15) is 0 Å². The molecule has 1 rings (SSSR count). The van der Waals surface area contributed by atoms with Crippen LogP contribution in [0.5, 0.6) is 0 Å². The molecule has 1 aliphatic heterocycles. The number of likely N-dealkylation sites (tertiary alicyclic amines) is 1. The molecule has 3 heteroatoms. The van der Waals surface area contributed by atoms with Crippen molar-refractivity contribution in [3.63, 3.8) is 0 Å². The quantitative estimate of drug-likeness (QED) is 0.587. The second kappa shape index (κ2) is 4.34. The molecule has 1 amide bonds. The van der Waals surface area contributed by atoms with Crippen LogP contribution in [0.2, 0.25) is 0 Å². The van der Waals surface area contributed by atoms with Gasteiger partial charge in [-0.1, -0.05) is 0 Å². The fourth-order valence-corrected chi connectivity index (χ4v) is 1.65. The highest BCUT2D eigenvalue weighted by atomic mass is 16.1. The van der Waals surface area contributed by atoms with Gasteiger partial charge in [-0.15, -0.1) is 0 Å². The average molecular weight is 156 g/mol. The zero-order valence-electron chi connectivity index (χ0n) is 7.05. The van der Waals surface area contributed by atoms with Crippen LogP contribution in [0.4, 0.5) is 0 Å². The molecule has 1 saturated heterocycles. The molecule has 0 radical (unpaired) electrons. The average Bonchev–Trinajstić information content (AvgIpc) is 2.06. The molecule has 1 N–H and O–H groups in total. The fourth-order valence-electron chi connectivity index (χ4n) is 1.65. The van der Waals surface area contributed by atoms with Crippen LogP contribution in [0.15, 0.2) is 0 Å². The Morgan fingerprint density at radius 1 is 1.73 bits per heavy atom. The van der Waals surface area contributed by atoms with Crippen LogP contribution in [-0.2, 0) is 4.79 Å². The first kappa shape index (κ1) is 8.53. The summed E-state index contributed by atoms with van der Waals surface area (Å²) in [6.07, 6.45) is 3.37. The summed E-state index contributed by atoms with van der Waals surface area (Å²) >= 11 is 0. The number of amides is 1. The van der Waals surface area contributed by atoms with E-state index >= 15 is 0 Å². The van der Waals surface area contributed by atoms with Gasteiger partial charge in [-0.05, 0) is 32.4 Å². The number of piperidine rings is 1. The largest absolute Gasteiger partial charge is 0.345 e. The molecule has 1 heterocycles. The van der Waals surface area contributed by atoms with Crippen LogP contribution in [0.3, 0.4) is 0 Å². The Labute approximate surface area is 67.8 Å². The maximum absolute atomic E-state index is 10.4. The van der Waals surface area contributed by atoms with Crippen molar-refractivity contribution in [3.8, 4) is 0 Å². The summed E-state index contributed by atoms with van der Waals surface area (Å²) in [5.74, 6) is 0.666. The van der Waals surface area contributed by atoms with E-state index < -0.39 is 0 Å². The molecule has 0 aliphatic carbocycles. The molecule has 0 aromatic rings. The number of carbonyl (C=O) groups excluding carboxylic acids is 1. The van der Waals surface area contributed by atoms with Crippen molar-refractivity contribution in [1.29, 1.82) is 0 Å². The monoisotopic (exact) mass is 156 g/mol. The van der Waals surface area contributed by atoms with E-state index in [1.54, 1.807) is 0 Å². The summed E-state index contributed by atoms with van der Waals surface area (Å²) in [5.41, 5.74) is 0. The van der Waals surface area contributed by atoms with Gasteiger partial charge in [-0.3, -0.25) is 4.79 Å². The van der Waals surface area contributed by atoms with Crippen molar-refractivity contribution < 1.29 is 4.79 Å². The number of nitrogens with one attached hydrogen (secondary N) is 1. The van der Waals surface area contributed by atoms with Crippen molar-refractivity contribution in [2.24, 2.45) is 5.92 Å². The van der Waals surface area contributed by atoms with Gasteiger partial charge >= 0.3 is 0 Å². The standard InChI is InChI=1S/C8H16N2O/c1-9-5-8-3-2-4-10(6-8)7-11/h7-9H,2-6H2,1H3. The minimum absolute atomic E-state index is 0.666. The Bertz CT molecular complexity index is 125. The highest BCUT2D eigenvalue weighted by Crippen LogP contribution is 2.13. The van der Waals surface area contributed by atoms with Gasteiger partial charge in [0.05, 0.1) is 0 Å². The van der Waals surface area contributed by atoms with Crippen molar-refractivity contribution in [3.05, 3.63) is 0 Å². The van der Waals surface area contributed by atoms with Gasteiger partial charge in [0.15, 0.2) is 0 Å². The maximum Gasteiger partial charge on any atom is 0.209 e. The molecule has 1 unspecified atom stereocenters. The zero-order chi connectivity index (χ0) is 8.10. The Kier molecular flexibility index (Phi) is 3.36. The van der Waals surface area contributed by atoms with Crippen LogP contribution in [-0.4, -0.2) is 38.0 Å². The van der Waals surface area contributed by atoms with Crippen LogP contribution in [0, 0.1) is 5.92 Å². The van der Waals surface area contributed by atoms with Gasteiger partial charge < -0.3 is 10.2 Å². The maximum atomic E-state index is 10.4. The molecule has 3 nitrogen and oxygen atoms in total. The summed E-state index contributed by atoms with van der Waals surface area (Å²) in [6.45, 7) is 2.92. The second-order valence-electron chi connectivity index (χ2n) is 3.17. The smallest absolute Gasteiger partial charge is 0.209 e. The highest BCUT2D eigenvalue weighted by Gasteiger charge is 2.17. The third-order valence-electron chi connectivity index (χ3n) is 2.19. The molecule has 0 spiro atoms. The van der Waals surface area contributed by atoms with Crippen LogP contribution < -0.4 is 5.32 Å². The van der Waals surface area contributed by atoms with E-state index in [0.717, 1.165) is 32.5 Å². The molecule has 64 valence electrons. The van der Waals surface area contributed by atoms with Crippen molar-refractivity contribution in [2.45, 2.75) is 12.8 Å². The Hall–Kier alpha value is -0.570. The lowest BCUT2D eigenvalue weighted by Crippen LogP contribution is -2.38. The minimum Gasteiger partial charge on any atom is -0.345 e. The van der Waals surface area contributed by atoms with Crippen molar-refractivity contribution in [1.82, 2.24) is 10.2 Å². The van der Waals surface area contributed by atoms with Crippen molar-refractivity contribution in [2.75, 3.05) is 26.7 Å². The Morgan fingerprint density at radius 3 is 3.18 bits per heavy atom. The van der Waals surface area contributed by atoms with E-state index in [-0.39, 0.29) is 0 Å². The molecule has 1 aliphatic rings. The third kappa shape index (κ3) is 2.50. The topological polar surface area (TPSA) is 32.3 Å². The van der Waals surface area contributed by atoms with Crippen molar-refractivity contribution >= 4 is 6.41 Å². The lowest BCUT2D eigenvalue weighted by molar-refractivity contribution is -0.119. The highest BCUT2D eigenvalue weighted by molar-refractivity contribution is 5.47. The summed E-state index contributed by atoms with van der Waals surface area (Å²) in [7, 11) is 1.96. The van der Waals surface area contributed by atoms with Gasteiger partial charge in [0, 0.05) is 13.1 Å². The summed E-state index contributed by atoms with van der Waals surface area (Å²) < 4.78 is 0. The SMILES string of the molecule is CNCC1CCCN(C=O)C1. The molecule has 1 fully saturated rings. The third-order valence-corrected chi connectivity index (χ3v) is 2.19. The van der Waals surface area contributed by atoms with E-state index in [0.29, 0.717) is 5.92 Å². The van der Waals surface area contributed by atoms with E-state index in [1.807, 2.05) is 11.9 Å². The first-order valence-electron chi connectivity index (χ1n) is 4.20. The Morgan fingerprint density at radius 2 is 2.55 bits per heavy atom. The number of nitrogens with zero attached hydrogens (tertiary/aromatic N) is 1. The molecule has 1 atom stereocenters. The van der Waals surface area contributed by atoms with Gasteiger partial charge in [0.1, 0.15) is 0 Å². The van der Waals surface area contributed by atoms with Crippen LogP contribution in [0.1, 0.15) is 12.8 Å².